The minimum Gasteiger partial charge on any atom is -0.399 e. The molecule has 1 aliphatic heterocycles. The van der Waals surface area contributed by atoms with Crippen LogP contribution >= 0.6 is 11.6 Å². The number of carbonyl (C=O) groups is 1. The van der Waals surface area contributed by atoms with Gasteiger partial charge < -0.3 is 15.8 Å². The van der Waals surface area contributed by atoms with Crippen LogP contribution in [-0.2, 0) is 4.74 Å². The predicted molar refractivity (Wildman–Crippen MR) is 74.2 cm³/mol. The topological polar surface area (TPSA) is 64.4 Å². The first-order valence-electron chi connectivity index (χ1n) is 6.62. The van der Waals surface area contributed by atoms with Crippen molar-refractivity contribution in [1.29, 1.82) is 0 Å². The van der Waals surface area contributed by atoms with Gasteiger partial charge in [0.05, 0.1) is 22.7 Å². The number of nitrogen functional groups attached to an aromatic ring is 1. The summed E-state index contributed by atoms with van der Waals surface area (Å²) in [6, 6.07) is 5.04. The second kappa shape index (κ2) is 5.02. The van der Waals surface area contributed by atoms with Crippen LogP contribution in [0, 0.1) is 5.92 Å². The van der Waals surface area contributed by atoms with E-state index in [9.17, 15) is 4.79 Å². The molecule has 19 heavy (non-hydrogen) atoms. The molecule has 102 valence electrons. The maximum atomic E-state index is 12.3. The molecule has 4 nitrogen and oxygen atoms in total. The van der Waals surface area contributed by atoms with Crippen molar-refractivity contribution in [1.82, 2.24) is 5.32 Å². The number of anilines is 1. The maximum absolute atomic E-state index is 12.3. The summed E-state index contributed by atoms with van der Waals surface area (Å²) in [5, 5.41) is 3.46. The predicted octanol–water partition coefficient (Wildman–Crippen LogP) is 2.22. The Morgan fingerprint density at radius 1 is 1.37 bits per heavy atom. The maximum Gasteiger partial charge on any atom is 0.253 e. The highest BCUT2D eigenvalue weighted by atomic mass is 35.5. The van der Waals surface area contributed by atoms with E-state index in [1.165, 1.54) is 12.8 Å². The van der Waals surface area contributed by atoms with E-state index < -0.39 is 0 Å². The number of hydrogen-bond donors (Lipinski definition) is 2. The summed E-state index contributed by atoms with van der Waals surface area (Å²) in [7, 11) is 0. The van der Waals surface area contributed by atoms with Crippen molar-refractivity contribution in [3.05, 3.63) is 28.8 Å². The Morgan fingerprint density at radius 3 is 2.89 bits per heavy atom. The van der Waals surface area contributed by atoms with E-state index in [2.05, 4.69) is 5.32 Å². The van der Waals surface area contributed by atoms with E-state index in [4.69, 9.17) is 22.1 Å². The second-order valence-electron chi connectivity index (χ2n) is 5.28. The van der Waals surface area contributed by atoms with Crippen molar-refractivity contribution in [3.63, 3.8) is 0 Å². The van der Waals surface area contributed by atoms with Crippen molar-refractivity contribution in [2.75, 3.05) is 12.3 Å². The lowest BCUT2D eigenvalue weighted by Gasteiger charge is -2.19. The standard InChI is InChI=1S/C14H17ClN2O2/c15-11-4-3-9(16)7-10(11)14(18)17-12-5-6-19-13(12)8-1-2-8/h3-4,7-8,12-13H,1-2,5-6,16H2,(H,17,18). The van der Waals surface area contributed by atoms with Crippen molar-refractivity contribution >= 4 is 23.2 Å². The third-order valence-corrected chi connectivity index (χ3v) is 4.10. The normalized spacial score (nSPS) is 26.4. The van der Waals surface area contributed by atoms with Crippen molar-refractivity contribution in [3.8, 4) is 0 Å². The van der Waals surface area contributed by atoms with E-state index in [-0.39, 0.29) is 18.1 Å². The minimum atomic E-state index is -0.168. The van der Waals surface area contributed by atoms with Crippen LogP contribution < -0.4 is 11.1 Å². The van der Waals surface area contributed by atoms with Crippen LogP contribution in [0.2, 0.25) is 5.02 Å². The van der Waals surface area contributed by atoms with Gasteiger partial charge in [0.1, 0.15) is 0 Å². The highest BCUT2D eigenvalue weighted by Crippen LogP contribution is 2.38. The van der Waals surface area contributed by atoms with E-state index in [1.807, 2.05) is 0 Å². The zero-order valence-corrected chi connectivity index (χ0v) is 11.3. The minimum absolute atomic E-state index is 0.0949. The summed E-state index contributed by atoms with van der Waals surface area (Å²) in [6.45, 7) is 0.719. The van der Waals surface area contributed by atoms with E-state index in [0.717, 1.165) is 13.0 Å². The fraction of sp³-hybridized carbons (Fsp3) is 0.500. The number of benzene rings is 1. The van der Waals surface area contributed by atoms with Crippen molar-refractivity contribution in [2.45, 2.75) is 31.4 Å². The van der Waals surface area contributed by atoms with Gasteiger partial charge >= 0.3 is 0 Å². The molecule has 1 saturated carbocycles. The molecule has 2 fully saturated rings. The second-order valence-corrected chi connectivity index (χ2v) is 5.69. The van der Waals surface area contributed by atoms with Gasteiger partial charge in [-0.3, -0.25) is 4.79 Å². The zero-order valence-electron chi connectivity index (χ0n) is 10.6. The lowest BCUT2D eigenvalue weighted by Crippen LogP contribution is -2.41. The SMILES string of the molecule is Nc1ccc(Cl)c(C(=O)NC2CCOC2C2CC2)c1. The highest BCUT2D eigenvalue weighted by Gasteiger charge is 2.41. The van der Waals surface area contributed by atoms with Crippen LogP contribution in [0.4, 0.5) is 5.69 Å². The summed E-state index contributed by atoms with van der Waals surface area (Å²) in [5.41, 5.74) is 6.67. The van der Waals surface area contributed by atoms with Crippen LogP contribution in [-0.4, -0.2) is 24.7 Å². The molecule has 0 aromatic heterocycles. The van der Waals surface area contributed by atoms with Gasteiger partial charge in [0.2, 0.25) is 0 Å². The summed E-state index contributed by atoms with van der Waals surface area (Å²) in [5.74, 6) is 0.447. The summed E-state index contributed by atoms with van der Waals surface area (Å²) >= 11 is 6.04. The number of ether oxygens (including phenoxy) is 1. The molecular formula is C14H17ClN2O2. The number of hydrogen-bond acceptors (Lipinski definition) is 3. The Kier molecular flexibility index (Phi) is 3.37. The van der Waals surface area contributed by atoms with Gasteiger partial charge in [-0.1, -0.05) is 11.6 Å². The average Bonchev–Trinajstić information content (AvgIpc) is 3.13. The number of carbonyl (C=O) groups excluding carboxylic acids is 1. The molecule has 3 rings (SSSR count). The number of halogens is 1. The molecule has 1 aromatic carbocycles. The Labute approximate surface area is 117 Å². The largest absolute Gasteiger partial charge is 0.399 e. The molecule has 2 unspecified atom stereocenters. The van der Waals surface area contributed by atoms with Gasteiger partial charge in [0.15, 0.2) is 0 Å². The van der Waals surface area contributed by atoms with E-state index >= 15 is 0 Å². The Balaban J connectivity index is 1.72. The molecule has 1 aromatic rings. The lowest BCUT2D eigenvalue weighted by molar-refractivity contribution is 0.0729. The number of amides is 1. The molecule has 3 N–H and O–H groups in total. The average molecular weight is 281 g/mol. The van der Waals surface area contributed by atoms with Gasteiger partial charge in [-0.2, -0.15) is 0 Å². The van der Waals surface area contributed by atoms with Gasteiger partial charge in [-0.05, 0) is 43.4 Å². The molecule has 1 amide bonds. The summed E-state index contributed by atoms with van der Waals surface area (Å²) < 4.78 is 5.71. The zero-order chi connectivity index (χ0) is 13.4. The first kappa shape index (κ1) is 12.8. The van der Waals surface area contributed by atoms with Crippen LogP contribution in [0.5, 0.6) is 0 Å². The van der Waals surface area contributed by atoms with Crippen LogP contribution in [0.1, 0.15) is 29.6 Å². The molecular weight excluding hydrogens is 264 g/mol. The number of nitrogens with two attached hydrogens (primary N) is 1. The highest BCUT2D eigenvalue weighted by molar-refractivity contribution is 6.34. The van der Waals surface area contributed by atoms with Crippen molar-refractivity contribution < 1.29 is 9.53 Å². The van der Waals surface area contributed by atoms with Crippen molar-refractivity contribution in [2.24, 2.45) is 5.92 Å². The van der Waals surface area contributed by atoms with Gasteiger partial charge in [0, 0.05) is 12.3 Å². The van der Waals surface area contributed by atoms with E-state index in [1.54, 1.807) is 18.2 Å². The van der Waals surface area contributed by atoms with E-state index in [0.29, 0.717) is 22.2 Å². The first-order valence-corrected chi connectivity index (χ1v) is 7.00. The lowest BCUT2D eigenvalue weighted by atomic mass is 10.1. The fourth-order valence-corrected chi connectivity index (χ4v) is 2.82. The Morgan fingerprint density at radius 2 is 2.16 bits per heavy atom. The molecule has 0 radical (unpaired) electrons. The molecule has 0 spiro atoms. The molecule has 1 saturated heterocycles. The van der Waals surface area contributed by atoms with Crippen LogP contribution in [0.15, 0.2) is 18.2 Å². The summed E-state index contributed by atoms with van der Waals surface area (Å²) in [4.78, 5) is 12.3. The Bertz CT molecular complexity index is 502. The smallest absolute Gasteiger partial charge is 0.253 e. The monoisotopic (exact) mass is 280 g/mol. The molecule has 2 atom stereocenters. The third kappa shape index (κ3) is 2.69. The van der Waals surface area contributed by atoms with Gasteiger partial charge in [-0.25, -0.2) is 0 Å². The molecule has 2 aliphatic rings. The van der Waals surface area contributed by atoms with Crippen LogP contribution in [0.3, 0.4) is 0 Å². The fourth-order valence-electron chi connectivity index (χ4n) is 2.62. The van der Waals surface area contributed by atoms with Gasteiger partial charge in [0.25, 0.3) is 5.91 Å². The molecule has 1 heterocycles. The first-order chi connectivity index (χ1) is 9.15. The molecule has 1 aliphatic carbocycles. The Hall–Kier alpha value is -1.26. The van der Waals surface area contributed by atoms with Crippen LogP contribution in [0.25, 0.3) is 0 Å². The number of nitrogens with one attached hydrogen (secondary N) is 1. The van der Waals surface area contributed by atoms with Gasteiger partial charge in [-0.15, -0.1) is 0 Å². The number of rotatable bonds is 3. The molecule has 0 bridgehead atoms. The summed E-state index contributed by atoms with van der Waals surface area (Å²) in [6.07, 6.45) is 3.45. The third-order valence-electron chi connectivity index (χ3n) is 3.77. The quantitative estimate of drug-likeness (QED) is 0.835. The molecule has 5 heteroatoms.